The van der Waals surface area contributed by atoms with Crippen LogP contribution in [0.15, 0.2) is 22.8 Å². The number of halogens is 1. The number of amides is 1. The monoisotopic (exact) mass is 369 g/mol. The van der Waals surface area contributed by atoms with Crippen LogP contribution in [-0.4, -0.2) is 35.8 Å². The van der Waals surface area contributed by atoms with Gasteiger partial charge in [-0.3, -0.25) is 0 Å². The van der Waals surface area contributed by atoms with Gasteiger partial charge < -0.3 is 15.0 Å². The molecular formula is C16H24BrN3O2. The van der Waals surface area contributed by atoms with Crippen molar-refractivity contribution in [3.63, 3.8) is 0 Å². The summed E-state index contributed by atoms with van der Waals surface area (Å²) in [5, 5.41) is 2.88. The number of ether oxygens (including phenoxy) is 1. The fourth-order valence-electron chi connectivity index (χ4n) is 2.59. The zero-order valence-corrected chi connectivity index (χ0v) is 15.0. The Hall–Kier alpha value is -1.30. The van der Waals surface area contributed by atoms with Gasteiger partial charge in [0.15, 0.2) is 0 Å². The first-order valence-corrected chi connectivity index (χ1v) is 8.50. The molecule has 6 heteroatoms. The van der Waals surface area contributed by atoms with E-state index in [1.807, 2.05) is 39.0 Å². The maximum atomic E-state index is 11.8. The van der Waals surface area contributed by atoms with Crippen molar-refractivity contribution in [1.29, 1.82) is 0 Å². The highest BCUT2D eigenvalue weighted by Crippen LogP contribution is 2.24. The predicted molar refractivity (Wildman–Crippen MR) is 91.2 cm³/mol. The summed E-state index contributed by atoms with van der Waals surface area (Å²) in [6.45, 7) is 7.13. The Morgan fingerprint density at radius 3 is 2.91 bits per heavy atom. The van der Waals surface area contributed by atoms with Crippen LogP contribution >= 0.6 is 15.9 Å². The summed E-state index contributed by atoms with van der Waals surface area (Å²) in [6.07, 6.45) is 3.01. The topological polar surface area (TPSA) is 54.5 Å². The van der Waals surface area contributed by atoms with Gasteiger partial charge in [0.05, 0.1) is 0 Å². The molecule has 1 fully saturated rings. The number of alkyl carbamates (subject to hydrolysis) is 1. The van der Waals surface area contributed by atoms with Crippen LogP contribution in [0.1, 0.15) is 40.0 Å². The smallest absolute Gasteiger partial charge is 0.407 e. The fourth-order valence-corrected chi connectivity index (χ4v) is 2.92. The SMILES string of the molecule is CC(C)(C)OC(=O)NCC1CCCCN1c1cccc(Br)n1. The molecule has 1 aromatic heterocycles. The lowest BCUT2D eigenvalue weighted by molar-refractivity contribution is 0.0523. The Balaban J connectivity index is 1.97. The van der Waals surface area contributed by atoms with Gasteiger partial charge in [0.25, 0.3) is 0 Å². The second kappa shape index (κ2) is 7.31. The highest BCUT2D eigenvalue weighted by molar-refractivity contribution is 9.10. The molecule has 1 unspecified atom stereocenters. The van der Waals surface area contributed by atoms with Crippen LogP contribution in [0.25, 0.3) is 0 Å². The molecule has 2 rings (SSSR count). The quantitative estimate of drug-likeness (QED) is 0.824. The molecule has 0 aliphatic carbocycles. The zero-order chi connectivity index (χ0) is 16.2. The van der Waals surface area contributed by atoms with E-state index in [2.05, 4.69) is 31.1 Å². The molecule has 1 N–H and O–H groups in total. The molecule has 5 nitrogen and oxygen atoms in total. The van der Waals surface area contributed by atoms with Crippen molar-refractivity contribution in [2.24, 2.45) is 0 Å². The first-order valence-electron chi connectivity index (χ1n) is 7.71. The van der Waals surface area contributed by atoms with Gasteiger partial charge in [-0.2, -0.15) is 0 Å². The number of nitrogens with one attached hydrogen (secondary N) is 1. The molecule has 0 bridgehead atoms. The normalized spacial score (nSPS) is 18.9. The molecule has 22 heavy (non-hydrogen) atoms. The summed E-state index contributed by atoms with van der Waals surface area (Å²) in [6, 6.07) is 6.17. The van der Waals surface area contributed by atoms with E-state index in [1.54, 1.807) is 0 Å². The van der Waals surface area contributed by atoms with E-state index in [0.717, 1.165) is 29.8 Å². The molecule has 1 aromatic rings. The Morgan fingerprint density at radius 1 is 1.45 bits per heavy atom. The van der Waals surface area contributed by atoms with E-state index in [4.69, 9.17) is 4.74 Å². The summed E-state index contributed by atoms with van der Waals surface area (Å²) in [5.41, 5.74) is -0.470. The second-order valence-corrected chi connectivity index (χ2v) is 7.36. The lowest BCUT2D eigenvalue weighted by Gasteiger charge is -2.37. The van der Waals surface area contributed by atoms with E-state index >= 15 is 0 Å². The minimum Gasteiger partial charge on any atom is -0.444 e. The number of aromatic nitrogens is 1. The van der Waals surface area contributed by atoms with E-state index in [-0.39, 0.29) is 12.1 Å². The van der Waals surface area contributed by atoms with Gasteiger partial charge in [-0.05, 0) is 68.1 Å². The highest BCUT2D eigenvalue weighted by atomic mass is 79.9. The third-order valence-corrected chi connectivity index (χ3v) is 3.94. The third kappa shape index (κ3) is 5.16. The number of nitrogens with zero attached hydrogens (tertiary/aromatic N) is 2. The average Bonchev–Trinajstić information content (AvgIpc) is 2.44. The van der Waals surface area contributed by atoms with E-state index in [1.165, 1.54) is 6.42 Å². The van der Waals surface area contributed by atoms with Crippen LogP contribution < -0.4 is 10.2 Å². The lowest BCUT2D eigenvalue weighted by atomic mass is 10.0. The van der Waals surface area contributed by atoms with E-state index in [9.17, 15) is 4.79 Å². The Labute approximate surface area is 140 Å². The number of hydrogen-bond donors (Lipinski definition) is 1. The van der Waals surface area contributed by atoms with Gasteiger partial charge >= 0.3 is 6.09 Å². The molecule has 1 amide bonds. The number of rotatable bonds is 3. The Morgan fingerprint density at radius 2 is 2.23 bits per heavy atom. The van der Waals surface area contributed by atoms with Crippen molar-refractivity contribution in [3.05, 3.63) is 22.8 Å². The first-order chi connectivity index (χ1) is 10.3. The van der Waals surface area contributed by atoms with Crippen LogP contribution in [-0.2, 0) is 4.74 Å². The molecule has 122 valence electrons. The molecule has 0 spiro atoms. The maximum Gasteiger partial charge on any atom is 0.407 e. The van der Waals surface area contributed by atoms with Crippen LogP contribution in [0.4, 0.5) is 10.6 Å². The van der Waals surface area contributed by atoms with Crippen LogP contribution in [0, 0.1) is 0 Å². The molecule has 1 saturated heterocycles. The fraction of sp³-hybridized carbons (Fsp3) is 0.625. The largest absolute Gasteiger partial charge is 0.444 e. The van der Waals surface area contributed by atoms with Gasteiger partial charge in [-0.1, -0.05) is 6.07 Å². The molecule has 0 radical (unpaired) electrons. The number of carbonyl (C=O) groups is 1. The molecular weight excluding hydrogens is 346 g/mol. The minimum atomic E-state index is -0.470. The molecule has 0 saturated carbocycles. The molecule has 1 aliphatic heterocycles. The summed E-state index contributed by atoms with van der Waals surface area (Å²) in [5.74, 6) is 0.949. The van der Waals surface area contributed by atoms with Gasteiger partial charge in [-0.25, -0.2) is 9.78 Å². The second-order valence-electron chi connectivity index (χ2n) is 6.54. The summed E-state index contributed by atoms with van der Waals surface area (Å²) < 4.78 is 6.13. The van der Waals surface area contributed by atoms with Crippen molar-refractivity contribution in [2.45, 2.75) is 51.7 Å². The van der Waals surface area contributed by atoms with Crippen LogP contribution in [0.3, 0.4) is 0 Å². The molecule has 2 heterocycles. The van der Waals surface area contributed by atoms with Gasteiger partial charge in [0.2, 0.25) is 0 Å². The zero-order valence-electron chi connectivity index (χ0n) is 13.4. The van der Waals surface area contributed by atoms with Gasteiger partial charge in [-0.15, -0.1) is 0 Å². The average molecular weight is 370 g/mol. The number of anilines is 1. The highest BCUT2D eigenvalue weighted by Gasteiger charge is 2.25. The van der Waals surface area contributed by atoms with Crippen molar-refractivity contribution >= 4 is 27.8 Å². The van der Waals surface area contributed by atoms with Crippen molar-refractivity contribution in [2.75, 3.05) is 18.0 Å². The number of carbonyl (C=O) groups excluding carboxylic acids is 1. The summed E-state index contributed by atoms with van der Waals surface area (Å²) >= 11 is 3.42. The van der Waals surface area contributed by atoms with Crippen LogP contribution in [0.5, 0.6) is 0 Å². The van der Waals surface area contributed by atoms with Gasteiger partial charge in [0, 0.05) is 19.1 Å². The van der Waals surface area contributed by atoms with E-state index in [0.29, 0.717) is 6.54 Å². The van der Waals surface area contributed by atoms with Gasteiger partial charge in [0.1, 0.15) is 16.0 Å². The third-order valence-electron chi connectivity index (χ3n) is 3.50. The molecule has 1 atom stereocenters. The van der Waals surface area contributed by atoms with Crippen LogP contribution in [0.2, 0.25) is 0 Å². The number of hydrogen-bond acceptors (Lipinski definition) is 4. The van der Waals surface area contributed by atoms with Crippen molar-refractivity contribution < 1.29 is 9.53 Å². The molecule has 1 aliphatic rings. The Kier molecular flexibility index (Phi) is 5.67. The first kappa shape index (κ1) is 17.1. The van der Waals surface area contributed by atoms with Crippen molar-refractivity contribution in [3.8, 4) is 0 Å². The minimum absolute atomic E-state index is 0.253. The van der Waals surface area contributed by atoms with E-state index < -0.39 is 5.60 Å². The predicted octanol–water partition coefficient (Wildman–Crippen LogP) is 3.73. The molecule has 0 aromatic carbocycles. The maximum absolute atomic E-state index is 11.8. The standard InChI is InChI=1S/C16H24BrN3O2/c1-16(2,3)22-15(21)18-11-12-7-4-5-10-20(12)14-9-6-8-13(17)19-14/h6,8-9,12H,4-5,7,10-11H2,1-3H3,(H,18,21). The van der Waals surface area contributed by atoms with Crippen molar-refractivity contribution in [1.82, 2.24) is 10.3 Å². The number of piperidine rings is 1. The summed E-state index contributed by atoms with van der Waals surface area (Å²) in [4.78, 5) is 18.6. The number of pyridine rings is 1. The lowest BCUT2D eigenvalue weighted by Crippen LogP contribution is -2.48. The Bertz CT molecular complexity index is 516. The summed E-state index contributed by atoms with van der Waals surface area (Å²) in [7, 11) is 0.